The molecule has 3 amide bonds. The molecule has 0 fully saturated rings. The maximum Gasteiger partial charge on any atom is 0.251 e. The summed E-state index contributed by atoms with van der Waals surface area (Å²) >= 11 is 0. The third-order valence-corrected chi connectivity index (χ3v) is 5.75. The number of aliphatic hydroxyl groups excluding tert-OH is 1. The number of hydrogen-bond acceptors (Lipinski definition) is 5. The van der Waals surface area contributed by atoms with Crippen LogP contribution in [0.4, 0.5) is 5.69 Å². The van der Waals surface area contributed by atoms with Crippen molar-refractivity contribution in [1.29, 1.82) is 0 Å². The number of aliphatic hydroxyl groups is 1. The molecule has 4 N–H and O–H groups in total. The number of para-hydroxylation sites is 2. The van der Waals surface area contributed by atoms with Gasteiger partial charge in [0, 0.05) is 0 Å². The number of nitrogens with one attached hydrogen (secondary N) is 3. The van der Waals surface area contributed by atoms with Crippen molar-refractivity contribution in [1.82, 2.24) is 10.6 Å². The van der Waals surface area contributed by atoms with Crippen molar-refractivity contribution in [2.24, 2.45) is 11.8 Å². The summed E-state index contributed by atoms with van der Waals surface area (Å²) < 4.78 is 6.23. The Morgan fingerprint density at radius 1 is 0.943 bits per heavy atom. The first kappa shape index (κ1) is 26.2. The maximum atomic E-state index is 13.4. The molecule has 3 rings (SSSR count). The second-order valence-corrected chi connectivity index (χ2v) is 9.76. The van der Waals surface area contributed by atoms with Gasteiger partial charge in [-0.1, -0.05) is 70.2 Å². The maximum absolute atomic E-state index is 13.4. The Kier molecular flexibility index (Phi) is 8.87. The number of hydrogen-bond donors (Lipinski definition) is 4. The average Bonchev–Trinajstić information content (AvgIpc) is 2.94. The first-order valence-corrected chi connectivity index (χ1v) is 12.1. The van der Waals surface area contributed by atoms with Crippen LogP contribution in [0.25, 0.3) is 0 Å². The van der Waals surface area contributed by atoms with Crippen molar-refractivity contribution in [3.8, 4) is 5.75 Å². The zero-order valence-corrected chi connectivity index (χ0v) is 20.7. The van der Waals surface area contributed by atoms with Gasteiger partial charge in [-0.2, -0.15) is 0 Å². The van der Waals surface area contributed by atoms with Crippen molar-refractivity contribution in [2.45, 2.75) is 64.8 Å². The Balaban J connectivity index is 1.86. The molecule has 2 aromatic rings. The Morgan fingerprint density at radius 2 is 1.57 bits per heavy atom. The molecule has 0 spiro atoms. The van der Waals surface area contributed by atoms with Crippen molar-refractivity contribution < 1.29 is 24.2 Å². The normalized spacial score (nSPS) is 19.1. The molecule has 0 saturated carbocycles. The van der Waals surface area contributed by atoms with Crippen molar-refractivity contribution >= 4 is 23.4 Å². The molecule has 1 aliphatic rings. The molecular formula is C27H35N3O5. The molecule has 2 aromatic carbocycles. The summed E-state index contributed by atoms with van der Waals surface area (Å²) in [5.74, 6) is -0.843. The Hall–Kier alpha value is -3.39. The van der Waals surface area contributed by atoms with Gasteiger partial charge in [-0.15, -0.1) is 0 Å². The lowest BCUT2D eigenvalue weighted by atomic mass is 9.98. The zero-order valence-electron chi connectivity index (χ0n) is 20.7. The second kappa shape index (κ2) is 11.8. The molecule has 0 unspecified atom stereocenters. The molecule has 188 valence electrons. The van der Waals surface area contributed by atoms with E-state index >= 15 is 0 Å². The summed E-state index contributed by atoms with van der Waals surface area (Å²) in [5.41, 5.74) is 1.24. The number of ether oxygens (including phenoxy) is 1. The number of carbonyl (C=O) groups is 3. The van der Waals surface area contributed by atoms with E-state index in [1.807, 2.05) is 64.1 Å². The summed E-state index contributed by atoms with van der Waals surface area (Å²) in [5, 5.41) is 18.5. The minimum absolute atomic E-state index is 0.0849. The van der Waals surface area contributed by atoms with E-state index < -0.39 is 42.0 Å². The molecule has 8 heteroatoms. The van der Waals surface area contributed by atoms with Crippen molar-refractivity contribution in [3.63, 3.8) is 0 Å². The predicted molar refractivity (Wildman–Crippen MR) is 134 cm³/mol. The summed E-state index contributed by atoms with van der Waals surface area (Å²) in [4.78, 5) is 39.2. The number of benzene rings is 2. The Morgan fingerprint density at radius 3 is 2.23 bits per heavy atom. The monoisotopic (exact) mass is 481 g/mol. The molecule has 0 radical (unpaired) electrons. The van der Waals surface area contributed by atoms with Crippen LogP contribution in [0.2, 0.25) is 0 Å². The Bertz CT molecular complexity index is 1020. The van der Waals surface area contributed by atoms with Gasteiger partial charge in [0.15, 0.2) is 6.10 Å². The highest BCUT2D eigenvalue weighted by molar-refractivity contribution is 6.00. The molecule has 0 aromatic heterocycles. The van der Waals surface area contributed by atoms with E-state index in [4.69, 9.17) is 4.74 Å². The van der Waals surface area contributed by atoms with E-state index in [1.54, 1.807) is 18.2 Å². The first-order chi connectivity index (χ1) is 16.7. The summed E-state index contributed by atoms with van der Waals surface area (Å²) in [7, 11) is 0. The van der Waals surface area contributed by atoms with Crippen molar-refractivity contribution in [2.75, 3.05) is 5.32 Å². The number of rotatable bonds is 9. The highest BCUT2D eigenvalue weighted by Gasteiger charge is 2.38. The van der Waals surface area contributed by atoms with Gasteiger partial charge in [0.05, 0.1) is 5.69 Å². The number of amides is 3. The Labute approximate surface area is 206 Å². The van der Waals surface area contributed by atoms with Crippen LogP contribution >= 0.6 is 0 Å². The van der Waals surface area contributed by atoms with Crippen LogP contribution in [-0.4, -0.2) is 41.0 Å². The van der Waals surface area contributed by atoms with E-state index in [0.29, 0.717) is 17.9 Å². The predicted octanol–water partition coefficient (Wildman–Crippen LogP) is 3.18. The molecule has 1 heterocycles. The second-order valence-electron chi connectivity index (χ2n) is 9.76. The molecule has 8 nitrogen and oxygen atoms in total. The van der Waals surface area contributed by atoms with E-state index in [9.17, 15) is 19.5 Å². The zero-order chi connectivity index (χ0) is 25.5. The van der Waals surface area contributed by atoms with Crippen LogP contribution in [0.3, 0.4) is 0 Å². The summed E-state index contributed by atoms with van der Waals surface area (Å²) in [6, 6.07) is 14.3. The van der Waals surface area contributed by atoms with Crippen LogP contribution in [0.1, 0.15) is 52.2 Å². The van der Waals surface area contributed by atoms with E-state index in [2.05, 4.69) is 16.0 Å². The van der Waals surface area contributed by atoms with Crippen LogP contribution in [0, 0.1) is 11.8 Å². The van der Waals surface area contributed by atoms with Crippen LogP contribution in [-0.2, 0) is 14.4 Å². The van der Waals surface area contributed by atoms with Gasteiger partial charge in [0.25, 0.3) is 5.91 Å². The van der Waals surface area contributed by atoms with Crippen LogP contribution in [0.15, 0.2) is 54.6 Å². The fraction of sp³-hybridized carbons (Fsp3) is 0.444. The number of anilines is 1. The smallest absolute Gasteiger partial charge is 0.251 e. The number of fused-ring (bicyclic) bond motifs is 1. The topological polar surface area (TPSA) is 117 Å². The molecule has 4 atom stereocenters. The fourth-order valence-electron chi connectivity index (χ4n) is 4.05. The molecule has 0 bridgehead atoms. The lowest BCUT2D eigenvalue weighted by molar-refractivity contribution is -0.136. The van der Waals surface area contributed by atoms with Gasteiger partial charge in [-0.25, -0.2) is 0 Å². The largest absolute Gasteiger partial charge is 0.481 e. The third kappa shape index (κ3) is 7.05. The highest BCUT2D eigenvalue weighted by Crippen LogP contribution is 2.34. The van der Waals surface area contributed by atoms with Gasteiger partial charge >= 0.3 is 0 Å². The van der Waals surface area contributed by atoms with Gasteiger partial charge in [-0.3, -0.25) is 14.4 Å². The van der Waals surface area contributed by atoms with Gasteiger partial charge in [0.1, 0.15) is 23.9 Å². The number of carbonyl (C=O) groups excluding carboxylic acids is 3. The third-order valence-electron chi connectivity index (χ3n) is 5.75. The summed E-state index contributed by atoms with van der Waals surface area (Å²) in [6.45, 7) is 7.67. The standard InChI is InChI=1S/C27H35N3O5/c1-16(2)14-20(29-26(33)21(31)15-17(3)4)25(32)30-23-24(18-10-6-5-7-11-18)35-22-13-9-8-12-19(22)28-27(23)34/h5-13,16-17,20-21,23-24,31H,14-15H2,1-4H3,(H,28,34)(H,29,33)(H,30,32)/t20-,21-,23-,24+/m0/s1. The molecule has 0 saturated heterocycles. The average molecular weight is 482 g/mol. The molecule has 35 heavy (non-hydrogen) atoms. The van der Waals surface area contributed by atoms with Gasteiger partial charge in [0.2, 0.25) is 11.8 Å². The fourth-order valence-corrected chi connectivity index (χ4v) is 4.05. The van der Waals surface area contributed by atoms with Gasteiger partial charge in [-0.05, 0) is 42.4 Å². The van der Waals surface area contributed by atoms with Crippen LogP contribution in [0.5, 0.6) is 5.75 Å². The highest BCUT2D eigenvalue weighted by atomic mass is 16.5. The van der Waals surface area contributed by atoms with E-state index in [1.165, 1.54) is 0 Å². The van der Waals surface area contributed by atoms with E-state index in [0.717, 1.165) is 5.56 Å². The lowest BCUT2D eigenvalue weighted by Gasteiger charge is -2.28. The first-order valence-electron chi connectivity index (χ1n) is 12.1. The minimum Gasteiger partial charge on any atom is -0.481 e. The van der Waals surface area contributed by atoms with E-state index in [-0.39, 0.29) is 18.3 Å². The molecular weight excluding hydrogens is 446 g/mol. The van der Waals surface area contributed by atoms with Crippen molar-refractivity contribution in [3.05, 3.63) is 60.2 Å². The molecule has 0 aliphatic carbocycles. The quantitative estimate of drug-likeness (QED) is 0.439. The minimum atomic E-state index is -1.21. The SMILES string of the molecule is CC(C)C[C@H](NC(=O)[C@@H](O)CC(C)C)C(=O)N[C@@H]1C(=O)Nc2ccccc2O[C@@H]1c1ccccc1. The van der Waals surface area contributed by atoms with Crippen LogP contribution < -0.4 is 20.7 Å². The lowest BCUT2D eigenvalue weighted by Crippen LogP contribution is -2.56. The van der Waals surface area contributed by atoms with Gasteiger partial charge < -0.3 is 25.8 Å². The summed E-state index contributed by atoms with van der Waals surface area (Å²) in [6.07, 6.45) is -1.37. The molecule has 1 aliphatic heterocycles.